The minimum absolute atomic E-state index is 0.118. The van der Waals surface area contributed by atoms with Crippen LogP contribution in [0.3, 0.4) is 0 Å². The monoisotopic (exact) mass is 309 g/mol. The third kappa shape index (κ3) is 4.70. The van der Waals surface area contributed by atoms with Gasteiger partial charge in [-0.2, -0.15) is 0 Å². The first-order valence-corrected chi connectivity index (χ1v) is 7.16. The molecule has 0 aromatic heterocycles. The van der Waals surface area contributed by atoms with Crippen LogP contribution in [0.15, 0.2) is 18.2 Å². The van der Waals surface area contributed by atoms with Gasteiger partial charge in [-0.25, -0.2) is 0 Å². The van der Waals surface area contributed by atoms with Gasteiger partial charge in [0.25, 0.3) is 11.6 Å². The largest absolute Gasteiger partial charge is 0.393 e. The number of carbonyl (C=O) groups excluding carboxylic acids is 1. The van der Waals surface area contributed by atoms with Gasteiger partial charge in [-0.15, -0.1) is 0 Å². The van der Waals surface area contributed by atoms with E-state index in [0.29, 0.717) is 18.7 Å². The molecule has 1 atom stereocenters. The average molecular weight is 309 g/mol. The maximum atomic E-state index is 12.3. The van der Waals surface area contributed by atoms with Crippen molar-refractivity contribution >= 4 is 17.3 Å². The fourth-order valence-electron chi connectivity index (χ4n) is 1.97. The number of non-ortho nitro benzene ring substituents is 1. The van der Waals surface area contributed by atoms with Gasteiger partial charge in [0.2, 0.25) is 0 Å². The lowest BCUT2D eigenvalue weighted by atomic mass is 10.0. The molecule has 0 heterocycles. The van der Waals surface area contributed by atoms with Gasteiger partial charge in [-0.1, -0.05) is 13.8 Å². The van der Waals surface area contributed by atoms with Crippen molar-refractivity contribution in [3.8, 4) is 0 Å². The summed E-state index contributed by atoms with van der Waals surface area (Å²) in [5, 5.41) is 23.3. The Morgan fingerprint density at radius 1 is 1.41 bits per heavy atom. The number of rotatable bonds is 7. The second-order valence-electron chi connectivity index (χ2n) is 5.71. The molecule has 22 heavy (non-hydrogen) atoms. The van der Waals surface area contributed by atoms with Crippen molar-refractivity contribution in [2.75, 3.05) is 25.5 Å². The number of aliphatic hydroxyl groups excluding tert-OH is 1. The number of benzene rings is 1. The molecule has 0 fully saturated rings. The molecular weight excluding hydrogens is 286 g/mol. The summed E-state index contributed by atoms with van der Waals surface area (Å²) in [7, 11) is 3.53. The third-order valence-corrected chi connectivity index (χ3v) is 3.41. The van der Waals surface area contributed by atoms with Crippen molar-refractivity contribution in [2.45, 2.75) is 26.4 Å². The fourth-order valence-corrected chi connectivity index (χ4v) is 1.97. The van der Waals surface area contributed by atoms with Gasteiger partial charge in [0.15, 0.2) is 0 Å². The van der Waals surface area contributed by atoms with E-state index in [1.807, 2.05) is 13.8 Å². The van der Waals surface area contributed by atoms with E-state index >= 15 is 0 Å². The van der Waals surface area contributed by atoms with Crippen LogP contribution in [0.4, 0.5) is 11.4 Å². The van der Waals surface area contributed by atoms with E-state index in [4.69, 9.17) is 0 Å². The fraction of sp³-hybridized carbons (Fsp3) is 0.533. The summed E-state index contributed by atoms with van der Waals surface area (Å²) in [4.78, 5) is 24.3. The number of nitro groups is 1. The van der Waals surface area contributed by atoms with Crippen LogP contribution < -0.4 is 10.2 Å². The summed E-state index contributed by atoms with van der Waals surface area (Å²) in [5.41, 5.74) is 0.726. The average Bonchev–Trinajstić information content (AvgIpc) is 2.45. The minimum atomic E-state index is -0.529. The molecule has 1 aromatic carbocycles. The highest BCUT2D eigenvalue weighted by Crippen LogP contribution is 2.24. The lowest BCUT2D eigenvalue weighted by Crippen LogP contribution is -2.30. The Labute approximate surface area is 130 Å². The lowest BCUT2D eigenvalue weighted by molar-refractivity contribution is -0.384. The quantitative estimate of drug-likeness (QED) is 0.591. The minimum Gasteiger partial charge on any atom is -0.393 e. The summed E-state index contributed by atoms with van der Waals surface area (Å²) < 4.78 is 0. The van der Waals surface area contributed by atoms with Gasteiger partial charge in [-0.05, 0) is 18.4 Å². The predicted molar refractivity (Wildman–Crippen MR) is 85.2 cm³/mol. The number of nitrogens with zero attached hydrogens (tertiary/aromatic N) is 2. The van der Waals surface area contributed by atoms with Crippen LogP contribution in [0.2, 0.25) is 0 Å². The number of hydrogen-bond donors (Lipinski definition) is 2. The van der Waals surface area contributed by atoms with Crippen molar-refractivity contribution in [2.24, 2.45) is 5.92 Å². The Morgan fingerprint density at radius 3 is 2.55 bits per heavy atom. The van der Waals surface area contributed by atoms with Gasteiger partial charge >= 0.3 is 0 Å². The molecule has 0 aliphatic carbocycles. The van der Waals surface area contributed by atoms with E-state index in [9.17, 15) is 20.0 Å². The van der Waals surface area contributed by atoms with Crippen LogP contribution in [0, 0.1) is 16.0 Å². The van der Waals surface area contributed by atoms with E-state index < -0.39 is 11.0 Å². The van der Waals surface area contributed by atoms with Crippen molar-refractivity contribution in [1.82, 2.24) is 5.32 Å². The molecule has 0 saturated carbocycles. The van der Waals surface area contributed by atoms with Crippen LogP contribution in [0.1, 0.15) is 30.6 Å². The van der Waals surface area contributed by atoms with Gasteiger partial charge < -0.3 is 15.3 Å². The maximum Gasteiger partial charge on any atom is 0.270 e. The number of hydrogen-bond acceptors (Lipinski definition) is 5. The molecule has 1 rings (SSSR count). The lowest BCUT2D eigenvalue weighted by Gasteiger charge is -2.18. The highest BCUT2D eigenvalue weighted by molar-refractivity contribution is 6.00. The molecule has 7 heteroatoms. The van der Waals surface area contributed by atoms with Gasteiger partial charge in [0.1, 0.15) is 0 Å². The van der Waals surface area contributed by atoms with Gasteiger partial charge in [0, 0.05) is 38.5 Å². The van der Waals surface area contributed by atoms with E-state index in [2.05, 4.69) is 5.32 Å². The molecule has 0 spiro atoms. The first kappa shape index (κ1) is 17.9. The molecular formula is C15H23N3O4. The molecule has 0 radical (unpaired) electrons. The molecule has 0 saturated heterocycles. The van der Waals surface area contributed by atoms with Gasteiger partial charge in [0.05, 0.1) is 16.6 Å². The Morgan fingerprint density at radius 2 is 2.05 bits per heavy atom. The van der Waals surface area contributed by atoms with Crippen molar-refractivity contribution in [3.05, 3.63) is 33.9 Å². The zero-order valence-electron chi connectivity index (χ0n) is 13.4. The highest BCUT2D eigenvalue weighted by atomic mass is 16.6. The number of nitro benzene ring substituents is 1. The van der Waals surface area contributed by atoms with E-state index in [1.54, 1.807) is 25.1 Å². The molecule has 7 nitrogen and oxygen atoms in total. The number of nitrogens with one attached hydrogen (secondary N) is 1. The molecule has 0 bridgehead atoms. The first-order valence-electron chi connectivity index (χ1n) is 7.16. The standard InChI is InChI=1S/C15H23N3O4/c1-10(2)14(19)7-8-16-15(20)12-9-11(18(21)22)5-6-13(12)17(3)4/h5-6,9-10,14,19H,7-8H2,1-4H3,(H,16,20). The maximum absolute atomic E-state index is 12.3. The first-order chi connectivity index (χ1) is 10.2. The number of anilines is 1. The van der Waals surface area contributed by atoms with Crippen LogP contribution >= 0.6 is 0 Å². The number of amides is 1. The van der Waals surface area contributed by atoms with E-state index in [0.717, 1.165) is 0 Å². The summed E-state index contributed by atoms with van der Waals surface area (Å²) >= 11 is 0. The Kier molecular flexibility index (Phi) is 6.30. The van der Waals surface area contributed by atoms with Crippen molar-refractivity contribution in [1.29, 1.82) is 0 Å². The molecule has 2 N–H and O–H groups in total. The zero-order valence-corrected chi connectivity index (χ0v) is 13.4. The van der Waals surface area contributed by atoms with Crippen LogP contribution in [-0.4, -0.2) is 42.7 Å². The second kappa shape index (κ2) is 7.74. The van der Waals surface area contributed by atoms with Crippen molar-refractivity contribution in [3.63, 3.8) is 0 Å². The SMILES string of the molecule is CC(C)C(O)CCNC(=O)c1cc([N+](=O)[O-])ccc1N(C)C. The second-order valence-corrected chi connectivity index (χ2v) is 5.71. The predicted octanol–water partition coefficient (Wildman–Crippen LogP) is 1.80. The summed E-state index contributed by atoms with van der Waals surface area (Å²) in [6.45, 7) is 4.11. The summed E-state index contributed by atoms with van der Waals surface area (Å²) in [6, 6.07) is 4.19. The Hall–Kier alpha value is -2.15. The Bertz CT molecular complexity index is 544. The molecule has 1 amide bonds. The number of aliphatic hydroxyl groups is 1. The van der Waals surface area contributed by atoms with E-state index in [-0.39, 0.29) is 23.1 Å². The highest BCUT2D eigenvalue weighted by Gasteiger charge is 2.18. The molecule has 122 valence electrons. The Balaban J connectivity index is 2.86. The molecule has 0 aliphatic heterocycles. The van der Waals surface area contributed by atoms with Crippen molar-refractivity contribution < 1.29 is 14.8 Å². The smallest absolute Gasteiger partial charge is 0.270 e. The van der Waals surface area contributed by atoms with E-state index in [1.165, 1.54) is 12.1 Å². The van der Waals surface area contributed by atoms with Crippen LogP contribution in [0.5, 0.6) is 0 Å². The van der Waals surface area contributed by atoms with Crippen LogP contribution in [-0.2, 0) is 0 Å². The summed E-state index contributed by atoms with van der Waals surface area (Å²) in [5.74, 6) is -0.268. The molecule has 1 aromatic rings. The summed E-state index contributed by atoms with van der Waals surface area (Å²) in [6.07, 6.45) is -0.0472. The number of carbonyl (C=O) groups is 1. The third-order valence-electron chi connectivity index (χ3n) is 3.41. The van der Waals surface area contributed by atoms with Gasteiger partial charge in [-0.3, -0.25) is 14.9 Å². The zero-order chi connectivity index (χ0) is 16.9. The normalized spacial score (nSPS) is 12.1. The molecule has 1 unspecified atom stereocenters. The molecule has 0 aliphatic rings. The topological polar surface area (TPSA) is 95.7 Å². The van der Waals surface area contributed by atoms with Crippen LogP contribution in [0.25, 0.3) is 0 Å².